The maximum Gasteiger partial charge on any atom is 0.276 e. The highest BCUT2D eigenvalue weighted by Gasteiger charge is 2.49. The first-order chi connectivity index (χ1) is 11.3. The van der Waals surface area contributed by atoms with E-state index in [0.717, 1.165) is 29.4 Å². The van der Waals surface area contributed by atoms with Crippen LogP contribution in [0.4, 0.5) is 0 Å². The summed E-state index contributed by atoms with van der Waals surface area (Å²) in [5.41, 5.74) is 2.89. The lowest BCUT2D eigenvalue weighted by atomic mass is 10.1. The second-order valence-electron chi connectivity index (χ2n) is 7.18. The molecule has 0 radical (unpaired) electrons. The standard InChI is InChI=1S/C19H21N3O/c23-19-18-10-20-12-22(18)17-9-5-4-8-16(17)21(19)11-15-13-6-2-1-3-7-14(13)15/h4-5,8-10,12-15H,1-3,6-7,11H2. The molecule has 0 amide bonds. The Bertz CT molecular complexity index is 927. The van der Waals surface area contributed by atoms with Gasteiger partial charge in [-0.1, -0.05) is 31.4 Å². The van der Waals surface area contributed by atoms with Crippen molar-refractivity contribution in [1.29, 1.82) is 0 Å². The number of hydrogen-bond acceptors (Lipinski definition) is 2. The third-order valence-corrected chi connectivity index (χ3v) is 6.01. The van der Waals surface area contributed by atoms with Gasteiger partial charge in [-0.05, 0) is 42.7 Å². The molecular weight excluding hydrogens is 286 g/mol. The van der Waals surface area contributed by atoms with Gasteiger partial charge >= 0.3 is 0 Å². The normalized spacial score (nSPS) is 27.0. The molecule has 2 aliphatic rings. The smallest absolute Gasteiger partial charge is 0.276 e. The average molecular weight is 307 g/mol. The fourth-order valence-corrected chi connectivity index (χ4v) is 4.77. The number of aromatic nitrogens is 3. The zero-order valence-electron chi connectivity index (χ0n) is 13.2. The van der Waals surface area contributed by atoms with Crippen molar-refractivity contribution in [2.24, 2.45) is 17.8 Å². The summed E-state index contributed by atoms with van der Waals surface area (Å²) in [6.07, 6.45) is 10.3. The minimum Gasteiger partial charge on any atom is -0.305 e. The molecule has 2 heterocycles. The van der Waals surface area contributed by atoms with Crippen LogP contribution in [-0.2, 0) is 6.54 Å². The van der Waals surface area contributed by atoms with Crippen LogP contribution in [0, 0.1) is 17.8 Å². The van der Waals surface area contributed by atoms with Gasteiger partial charge in [0.1, 0.15) is 5.52 Å². The minimum absolute atomic E-state index is 0.0997. The molecule has 4 heteroatoms. The van der Waals surface area contributed by atoms with Gasteiger partial charge < -0.3 is 4.57 Å². The molecule has 0 saturated heterocycles. The lowest BCUT2D eigenvalue weighted by Gasteiger charge is -2.12. The quantitative estimate of drug-likeness (QED) is 0.727. The Labute approximate surface area is 134 Å². The molecule has 3 aromatic rings. The van der Waals surface area contributed by atoms with Crippen LogP contribution in [0.2, 0.25) is 0 Å². The van der Waals surface area contributed by atoms with Crippen molar-refractivity contribution in [3.05, 3.63) is 47.1 Å². The molecule has 118 valence electrons. The molecule has 2 aliphatic carbocycles. The van der Waals surface area contributed by atoms with Gasteiger partial charge in [0, 0.05) is 6.54 Å². The average Bonchev–Trinajstić information content (AvgIpc) is 3.07. The molecule has 2 saturated carbocycles. The van der Waals surface area contributed by atoms with Gasteiger partial charge in [0.15, 0.2) is 0 Å². The van der Waals surface area contributed by atoms with E-state index in [9.17, 15) is 4.79 Å². The third kappa shape index (κ3) is 1.97. The number of imidazole rings is 1. The van der Waals surface area contributed by atoms with Crippen LogP contribution in [0.1, 0.15) is 32.1 Å². The maximum atomic E-state index is 12.9. The fourth-order valence-electron chi connectivity index (χ4n) is 4.77. The SMILES string of the molecule is O=c1c2cncn2c2ccccc2n1CC1C2CCCCCC21. The summed E-state index contributed by atoms with van der Waals surface area (Å²) >= 11 is 0. The van der Waals surface area contributed by atoms with Gasteiger partial charge in [-0.25, -0.2) is 4.98 Å². The molecule has 2 atom stereocenters. The van der Waals surface area contributed by atoms with Crippen molar-refractivity contribution in [3.63, 3.8) is 0 Å². The van der Waals surface area contributed by atoms with Crippen LogP contribution in [0.25, 0.3) is 16.6 Å². The molecule has 0 spiro atoms. The zero-order chi connectivity index (χ0) is 15.4. The summed E-state index contributed by atoms with van der Waals surface area (Å²) in [5, 5.41) is 0. The second kappa shape index (κ2) is 4.95. The number of fused-ring (bicyclic) bond motifs is 4. The summed E-state index contributed by atoms with van der Waals surface area (Å²) in [4.78, 5) is 17.1. The molecule has 5 rings (SSSR count). The number of benzene rings is 1. The summed E-state index contributed by atoms with van der Waals surface area (Å²) in [6, 6.07) is 8.18. The van der Waals surface area contributed by atoms with Crippen molar-refractivity contribution in [3.8, 4) is 0 Å². The van der Waals surface area contributed by atoms with Crippen molar-refractivity contribution >= 4 is 16.6 Å². The highest BCUT2D eigenvalue weighted by molar-refractivity contribution is 5.78. The lowest BCUT2D eigenvalue weighted by molar-refractivity contribution is 0.509. The Hall–Kier alpha value is -2.10. The summed E-state index contributed by atoms with van der Waals surface area (Å²) in [7, 11) is 0. The van der Waals surface area contributed by atoms with Crippen molar-refractivity contribution in [2.75, 3.05) is 0 Å². The van der Waals surface area contributed by atoms with Crippen LogP contribution in [-0.4, -0.2) is 14.0 Å². The highest BCUT2D eigenvalue weighted by atomic mass is 16.1. The molecule has 1 aromatic carbocycles. The van der Waals surface area contributed by atoms with Crippen molar-refractivity contribution < 1.29 is 0 Å². The van der Waals surface area contributed by atoms with Gasteiger partial charge in [-0.15, -0.1) is 0 Å². The Morgan fingerprint density at radius 1 is 1.00 bits per heavy atom. The molecule has 2 unspecified atom stereocenters. The van der Waals surface area contributed by atoms with Crippen LogP contribution < -0.4 is 5.56 Å². The van der Waals surface area contributed by atoms with E-state index in [1.54, 1.807) is 12.5 Å². The van der Waals surface area contributed by atoms with E-state index < -0.39 is 0 Å². The van der Waals surface area contributed by atoms with Gasteiger partial charge in [0.05, 0.1) is 23.6 Å². The Balaban J connectivity index is 1.62. The van der Waals surface area contributed by atoms with Gasteiger partial charge in [-0.2, -0.15) is 0 Å². The molecule has 23 heavy (non-hydrogen) atoms. The van der Waals surface area contributed by atoms with Crippen LogP contribution in [0.15, 0.2) is 41.6 Å². The summed E-state index contributed by atoms with van der Waals surface area (Å²) in [5.74, 6) is 2.40. The summed E-state index contributed by atoms with van der Waals surface area (Å²) < 4.78 is 3.92. The summed E-state index contributed by atoms with van der Waals surface area (Å²) in [6.45, 7) is 0.871. The van der Waals surface area contributed by atoms with E-state index in [-0.39, 0.29) is 5.56 Å². The molecule has 2 fully saturated rings. The van der Waals surface area contributed by atoms with E-state index in [2.05, 4.69) is 17.1 Å². The molecular formula is C19H21N3O. The van der Waals surface area contributed by atoms with E-state index in [0.29, 0.717) is 11.4 Å². The number of para-hydroxylation sites is 2. The first-order valence-electron chi connectivity index (χ1n) is 8.78. The fraction of sp³-hybridized carbons (Fsp3) is 0.474. The van der Waals surface area contributed by atoms with E-state index in [1.165, 1.54) is 32.1 Å². The molecule has 0 bridgehead atoms. The van der Waals surface area contributed by atoms with Crippen LogP contribution in [0.3, 0.4) is 0 Å². The predicted octanol–water partition coefficient (Wildman–Crippen LogP) is 3.48. The van der Waals surface area contributed by atoms with E-state index in [4.69, 9.17) is 0 Å². The Kier molecular flexibility index (Phi) is 2.87. The van der Waals surface area contributed by atoms with Gasteiger partial charge in [0.2, 0.25) is 0 Å². The largest absolute Gasteiger partial charge is 0.305 e. The third-order valence-electron chi connectivity index (χ3n) is 6.01. The first-order valence-corrected chi connectivity index (χ1v) is 8.78. The monoisotopic (exact) mass is 307 g/mol. The van der Waals surface area contributed by atoms with E-state index >= 15 is 0 Å². The zero-order valence-corrected chi connectivity index (χ0v) is 13.2. The topological polar surface area (TPSA) is 39.3 Å². The van der Waals surface area contributed by atoms with Crippen LogP contribution >= 0.6 is 0 Å². The molecule has 0 aliphatic heterocycles. The minimum atomic E-state index is 0.0997. The number of nitrogens with zero attached hydrogens (tertiary/aromatic N) is 3. The van der Waals surface area contributed by atoms with Crippen molar-refractivity contribution in [2.45, 2.75) is 38.6 Å². The van der Waals surface area contributed by atoms with Gasteiger partial charge in [0.25, 0.3) is 5.56 Å². The number of hydrogen-bond donors (Lipinski definition) is 0. The predicted molar refractivity (Wildman–Crippen MR) is 90.5 cm³/mol. The van der Waals surface area contributed by atoms with Crippen molar-refractivity contribution in [1.82, 2.24) is 14.0 Å². The van der Waals surface area contributed by atoms with E-state index in [1.807, 2.05) is 21.1 Å². The number of rotatable bonds is 2. The van der Waals surface area contributed by atoms with Crippen LogP contribution in [0.5, 0.6) is 0 Å². The lowest BCUT2D eigenvalue weighted by Crippen LogP contribution is -2.24. The molecule has 4 nitrogen and oxygen atoms in total. The maximum absolute atomic E-state index is 12.9. The highest BCUT2D eigenvalue weighted by Crippen LogP contribution is 2.54. The Morgan fingerprint density at radius 2 is 1.74 bits per heavy atom. The molecule has 2 aromatic heterocycles. The first kappa shape index (κ1) is 13.3. The van der Waals surface area contributed by atoms with Gasteiger partial charge in [-0.3, -0.25) is 9.20 Å². The Morgan fingerprint density at radius 3 is 2.52 bits per heavy atom. The second-order valence-corrected chi connectivity index (χ2v) is 7.18. The molecule has 0 N–H and O–H groups in total.